The van der Waals surface area contributed by atoms with Crippen LogP contribution in [0.3, 0.4) is 0 Å². The lowest BCUT2D eigenvalue weighted by Crippen LogP contribution is -2.00. The number of nitrogen functional groups attached to an aromatic ring is 1. The summed E-state index contributed by atoms with van der Waals surface area (Å²) in [4.78, 5) is -0.785. The van der Waals surface area contributed by atoms with Crippen LogP contribution in [-0.2, 0) is 39.0 Å². The third-order valence-electron chi connectivity index (χ3n) is 8.61. The van der Waals surface area contributed by atoms with Crippen molar-refractivity contribution in [2.24, 2.45) is 20.5 Å². The van der Waals surface area contributed by atoms with E-state index in [0.29, 0.717) is 52.2 Å². The highest BCUT2D eigenvalue weighted by Crippen LogP contribution is 2.47. The quantitative estimate of drug-likeness (QED) is 0.0142. The van der Waals surface area contributed by atoms with Crippen LogP contribution in [0.4, 0.5) is 28.4 Å². The van der Waals surface area contributed by atoms with E-state index >= 15 is 0 Å². The van der Waals surface area contributed by atoms with Gasteiger partial charge in [-0.15, -0.1) is 18.9 Å². The Hall–Kier alpha value is -5.28. The van der Waals surface area contributed by atoms with Crippen molar-refractivity contribution >= 4 is 94.3 Å². The fraction of sp³-hybridized carbons (Fsp3) is 0.0857. The molecule has 0 atom stereocenters. The van der Waals surface area contributed by atoms with E-state index in [9.17, 15) is 36.2 Å². The van der Waals surface area contributed by atoms with Gasteiger partial charge in [0.25, 0.3) is 20.2 Å². The van der Waals surface area contributed by atoms with E-state index in [4.69, 9.17) is 16.2 Å². The second-order valence-electron chi connectivity index (χ2n) is 12.4. The van der Waals surface area contributed by atoms with Crippen LogP contribution in [0.2, 0.25) is 0 Å². The number of fused-ring (bicyclic) bond motifs is 2. The van der Waals surface area contributed by atoms with E-state index in [1.54, 1.807) is 44.2 Å². The third kappa shape index (κ3) is 8.90. The number of hydrogen-bond acceptors (Lipinski definition) is 19. The van der Waals surface area contributed by atoms with E-state index < -0.39 is 41.5 Å². The van der Waals surface area contributed by atoms with Crippen LogP contribution in [0, 0.1) is 20.8 Å². The van der Waals surface area contributed by atoms with Crippen LogP contribution in [0.5, 0.6) is 11.5 Å². The highest BCUT2D eigenvalue weighted by Gasteiger charge is 2.24. The molecule has 302 valence electrons. The predicted molar refractivity (Wildman–Crippen MR) is 211 cm³/mol. The highest BCUT2D eigenvalue weighted by atomic mass is 32.2. The number of phenols is 2. The maximum atomic E-state index is 12.4. The maximum Gasteiger partial charge on any atom is 0.296 e. The lowest BCUT2D eigenvalue weighted by Gasteiger charge is -2.12. The summed E-state index contributed by atoms with van der Waals surface area (Å²) in [6, 6.07) is 17.9. The van der Waals surface area contributed by atoms with Gasteiger partial charge in [-0.3, -0.25) is 9.11 Å². The molecule has 0 saturated heterocycles. The molecule has 0 spiro atoms. The first-order chi connectivity index (χ1) is 27.4. The van der Waals surface area contributed by atoms with Crippen LogP contribution in [0.1, 0.15) is 16.7 Å². The van der Waals surface area contributed by atoms with Crippen LogP contribution in [0.15, 0.2) is 113 Å². The average molecular weight is 872 g/mol. The smallest absolute Gasteiger partial charge is 0.296 e. The summed E-state index contributed by atoms with van der Waals surface area (Å²) in [5.41, 5.74) is 9.28. The number of benzene rings is 6. The zero-order valence-corrected chi connectivity index (χ0v) is 33.1. The van der Waals surface area contributed by atoms with E-state index in [1.165, 1.54) is 31.2 Å². The van der Waals surface area contributed by atoms with E-state index in [-0.39, 0.29) is 48.5 Å². The third-order valence-corrected chi connectivity index (χ3v) is 11.5. The van der Waals surface area contributed by atoms with Crippen molar-refractivity contribution in [3.63, 3.8) is 0 Å². The molecule has 23 heteroatoms. The fourth-order valence-corrected chi connectivity index (χ4v) is 8.23. The molecular weight excluding hydrogens is 843 g/mol. The minimum Gasteiger partial charge on any atom is -0.505 e. The van der Waals surface area contributed by atoms with E-state index in [1.807, 2.05) is 6.07 Å². The first-order valence-corrected chi connectivity index (χ1v) is 20.5. The number of anilines is 1. The molecule has 0 unspecified atom stereocenters. The molecule has 8 N–H and O–H groups in total. The Balaban J connectivity index is 1.30. The largest absolute Gasteiger partial charge is 0.505 e. The molecule has 6 rings (SSSR count). The molecule has 0 aliphatic carbocycles. The number of aryl methyl sites for hydroxylation is 3. The van der Waals surface area contributed by atoms with Crippen molar-refractivity contribution in [3.8, 4) is 22.6 Å². The molecule has 0 bridgehead atoms. The zero-order valence-electron chi connectivity index (χ0n) is 29.9. The molecule has 58 heavy (non-hydrogen) atoms. The van der Waals surface area contributed by atoms with Gasteiger partial charge >= 0.3 is 0 Å². The molecule has 0 aliphatic rings. The van der Waals surface area contributed by atoms with Gasteiger partial charge in [-0.05, 0) is 120 Å². The Morgan fingerprint density at radius 1 is 0.603 bits per heavy atom. The SMILES string of the molecule is Cc1cc(-c2ccc(N=Nc3c(S(=O)(=O)O)cc4cc(SOOO)cc(N)c4c3O)c(C)c2)ccc1N=Nc1c(SOOO)cc2cc(S(=O)(=O)O)cc(C)c2c1O. The Bertz CT molecular complexity index is 2910. The molecule has 0 saturated carbocycles. The van der Waals surface area contributed by atoms with Gasteiger partial charge in [-0.2, -0.15) is 27.1 Å². The lowest BCUT2D eigenvalue weighted by atomic mass is 10.0. The summed E-state index contributed by atoms with van der Waals surface area (Å²) in [5, 5.41) is 64.1. The normalized spacial score (nSPS) is 12.5. The summed E-state index contributed by atoms with van der Waals surface area (Å²) in [7, 11) is -9.49. The van der Waals surface area contributed by atoms with Crippen molar-refractivity contribution in [2.75, 3.05) is 5.73 Å². The molecule has 0 fully saturated rings. The van der Waals surface area contributed by atoms with Crippen LogP contribution in [-0.4, -0.2) is 46.7 Å². The highest BCUT2D eigenvalue weighted by molar-refractivity contribution is 7.95. The lowest BCUT2D eigenvalue weighted by molar-refractivity contribution is -0.432. The van der Waals surface area contributed by atoms with Gasteiger partial charge in [-0.1, -0.05) is 22.2 Å². The molecule has 0 aromatic heterocycles. The van der Waals surface area contributed by atoms with Crippen LogP contribution in [0.25, 0.3) is 32.7 Å². The molecule has 0 heterocycles. The predicted octanol–water partition coefficient (Wildman–Crippen LogP) is 9.76. The number of nitrogens with two attached hydrogens (primary N) is 1. The number of rotatable bonds is 13. The van der Waals surface area contributed by atoms with Crippen molar-refractivity contribution < 1.29 is 65.4 Å². The van der Waals surface area contributed by atoms with Crippen molar-refractivity contribution in [1.82, 2.24) is 0 Å². The van der Waals surface area contributed by atoms with Gasteiger partial charge in [0.15, 0.2) is 11.5 Å². The summed E-state index contributed by atoms with van der Waals surface area (Å²) >= 11 is 1.01. The van der Waals surface area contributed by atoms with Gasteiger partial charge < -0.3 is 15.9 Å². The summed E-state index contributed by atoms with van der Waals surface area (Å²) in [5.74, 6) is -1.04. The van der Waals surface area contributed by atoms with Crippen molar-refractivity contribution in [3.05, 3.63) is 89.5 Å². The molecule has 0 amide bonds. The zero-order chi connectivity index (χ0) is 42.1. The number of nitrogens with zero attached hydrogens (tertiary/aromatic N) is 4. The second kappa shape index (κ2) is 16.9. The molecule has 19 nitrogen and oxygen atoms in total. The Kier molecular flexibility index (Phi) is 12.3. The molecule has 6 aromatic rings. The topological polar surface area (TPSA) is 302 Å². The van der Waals surface area contributed by atoms with Gasteiger partial charge in [-0.25, -0.2) is 10.5 Å². The van der Waals surface area contributed by atoms with Gasteiger partial charge in [0.2, 0.25) is 0 Å². The second-order valence-corrected chi connectivity index (χ2v) is 16.7. The summed E-state index contributed by atoms with van der Waals surface area (Å²) in [6.45, 7) is 5.04. The number of phenolic OH excluding ortho intramolecular Hbond substituents is 2. The number of hydrogen-bond donors (Lipinski definition) is 7. The standard InChI is InChI=1S/C35H29N5O14S4/c1-16-8-19(4-6-26(16)37-39-32-28(56-54-52-44)13-22-12-24(57(45,46)47)10-18(3)30(22)34(32)41)20-5-7-27(17(2)9-20)38-40-33-29(58(48,49)50)14-21-11-23(55-53-51-43)15-25(36)31(21)35(33)42/h4-15,41-44H,36H2,1-3H3,(H,45,46,47)(H,48,49,50). The van der Waals surface area contributed by atoms with Gasteiger partial charge in [0.1, 0.15) is 16.3 Å². The Morgan fingerprint density at radius 3 is 1.71 bits per heavy atom. The van der Waals surface area contributed by atoms with Crippen molar-refractivity contribution in [1.29, 1.82) is 0 Å². The van der Waals surface area contributed by atoms with Crippen molar-refractivity contribution in [2.45, 2.75) is 40.4 Å². The fourth-order valence-electron chi connectivity index (χ4n) is 6.01. The van der Waals surface area contributed by atoms with Crippen LogP contribution < -0.4 is 5.73 Å². The van der Waals surface area contributed by atoms with Gasteiger partial charge in [0.05, 0.1) is 45.3 Å². The number of aromatic hydroxyl groups is 2. The average Bonchev–Trinajstić information content (AvgIpc) is 3.15. The first-order valence-electron chi connectivity index (χ1n) is 16.1. The first kappa shape index (κ1) is 42.3. The Labute approximate surface area is 337 Å². The van der Waals surface area contributed by atoms with Crippen LogP contribution >= 0.6 is 24.1 Å². The molecule has 0 radical (unpaired) electrons. The monoisotopic (exact) mass is 871 g/mol. The Morgan fingerprint density at radius 2 is 1.16 bits per heavy atom. The molecular formula is C35H29N5O14S4. The minimum absolute atomic E-state index is 0.00624. The van der Waals surface area contributed by atoms with E-state index in [0.717, 1.165) is 23.3 Å². The summed E-state index contributed by atoms with van der Waals surface area (Å²) in [6.07, 6.45) is 0. The summed E-state index contributed by atoms with van der Waals surface area (Å²) < 4.78 is 76.8. The van der Waals surface area contributed by atoms with Gasteiger partial charge in [0, 0.05) is 21.4 Å². The number of azo groups is 2. The minimum atomic E-state index is -4.93. The maximum absolute atomic E-state index is 12.4. The molecule has 0 aliphatic heterocycles. The molecule has 6 aromatic carbocycles. The van der Waals surface area contributed by atoms with E-state index in [2.05, 4.69) is 39.2 Å².